The number of aliphatic carboxylic acids is 1. The fraction of sp³-hybridized carbons (Fsp3) is 0.500. The van der Waals surface area contributed by atoms with E-state index in [1.807, 2.05) is 0 Å². The van der Waals surface area contributed by atoms with Gasteiger partial charge in [-0.15, -0.1) is 0 Å². The number of hydrogen-bond donors (Lipinski definition) is 1. The second-order valence-corrected chi connectivity index (χ2v) is 7.24. The first-order valence-electron chi connectivity index (χ1n) is 6.57. The third-order valence-corrected chi connectivity index (χ3v) is 5.69. The van der Waals surface area contributed by atoms with Crippen LogP contribution >= 0.6 is 0 Å². The summed E-state index contributed by atoms with van der Waals surface area (Å²) in [4.78, 5) is 10.8. The highest BCUT2D eigenvalue weighted by Crippen LogP contribution is 2.22. The number of benzene rings is 1. The predicted octanol–water partition coefficient (Wildman–Crippen LogP) is 1.41. The molecule has 1 aliphatic rings. The van der Waals surface area contributed by atoms with Gasteiger partial charge in [-0.2, -0.15) is 0 Å². The van der Waals surface area contributed by atoms with Crippen molar-refractivity contribution in [2.45, 2.75) is 30.3 Å². The van der Waals surface area contributed by atoms with Gasteiger partial charge in [0.25, 0.3) is 0 Å². The zero-order valence-electron chi connectivity index (χ0n) is 11.1. The van der Waals surface area contributed by atoms with Crippen LogP contribution < -0.4 is 0 Å². The Balaban J connectivity index is 2.18. The van der Waals surface area contributed by atoms with Gasteiger partial charge in [-0.3, -0.25) is 4.79 Å². The summed E-state index contributed by atoms with van der Waals surface area (Å²) in [5.41, 5.74) is 1.15. The number of sulfone groups is 1. The minimum absolute atomic E-state index is 0.0961. The van der Waals surface area contributed by atoms with Gasteiger partial charge in [0.15, 0.2) is 9.84 Å². The molecular formula is C14H18O5S. The minimum atomic E-state index is -3.27. The molecule has 2 rings (SSSR count). The smallest absolute Gasteiger partial charge is 0.307 e. The minimum Gasteiger partial charge on any atom is -0.481 e. The van der Waals surface area contributed by atoms with E-state index in [-0.39, 0.29) is 17.4 Å². The summed E-state index contributed by atoms with van der Waals surface area (Å²) < 4.78 is 30.0. The summed E-state index contributed by atoms with van der Waals surface area (Å²) in [6, 6.07) is 6.82. The number of ether oxygens (including phenoxy) is 1. The van der Waals surface area contributed by atoms with Crippen molar-refractivity contribution in [2.75, 3.05) is 13.2 Å². The second-order valence-electron chi connectivity index (χ2n) is 4.96. The molecule has 0 amide bonds. The molecule has 1 aromatic carbocycles. The third-order valence-electron chi connectivity index (χ3n) is 3.49. The molecule has 0 spiro atoms. The Morgan fingerprint density at radius 2 is 1.80 bits per heavy atom. The molecule has 1 saturated heterocycles. The molecule has 0 saturated carbocycles. The summed E-state index contributed by atoms with van der Waals surface area (Å²) in [5, 5.41) is 8.49. The van der Waals surface area contributed by atoms with E-state index in [9.17, 15) is 13.2 Å². The van der Waals surface area contributed by atoms with Crippen molar-refractivity contribution in [3.8, 4) is 0 Å². The Morgan fingerprint density at radius 3 is 2.40 bits per heavy atom. The first kappa shape index (κ1) is 15.0. The largest absolute Gasteiger partial charge is 0.481 e. The molecule has 0 unspecified atom stereocenters. The Morgan fingerprint density at radius 1 is 1.20 bits per heavy atom. The number of carboxylic acid groups (broad SMARTS) is 1. The monoisotopic (exact) mass is 298 g/mol. The Hall–Kier alpha value is -1.40. The lowest BCUT2D eigenvalue weighted by Gasteiger charge is -2.22. The van der Waals surface area contributed by atoms with Crippen molar-refractivity contribution in [1.82, 2.24) is 0 Å². The molecule has 0 radical (unpaired) electrons. The van der Waals surface area contributed by atoms with Crippen molar-refractivity contribution in [3.05, 3.63) is 35.4 Å². The van der Waals surface area contributed by atoms with E-state index in [0.29, 0.717) is 37.2 Å². The SMILES string of the molecule is O=C(O)Cc1ccccc1CS(=O)(=O)C1CCOCC1. The fourth-order valence-corrected chi connectivity index (χ4v) is 4.26. The molecule has 1 N–H and O–H groups in total. The molecule has 1 aromatic rings. The lowest BCUT2D eigenvalue weighted by Crippen LogP contribution is -2.30. The van der Waals surface area contributed by atoms with Crippen LogP contribution in [0.5, 0.6) is 0 Å². The van der Waals surface area contributed by atoms with Gasteiger partial charge in [-0.05, 0) is 24.0 Å². The first-order valence-corrected chi connectivity index (χ1v) is 8.28. The third kappa shape index (κ3) is 3.80. The van der Waals surface area contributed by atoms with Crippen LogP contribution in [-0.2, 0) is 31.5 Å². The van der Waals surface area contributed by atoms with E-state index in [1.54, 1.807) is 24.3 Å². The van der Waals surface area contributed by atoms with E-state index in [2.05, 4.69) is 0 Å². The van der Waals surface area contributed by atoms with Crippen molar-refractivity contribution in [3.63, 3.8) is 0 Å². The molecule has 1 heterocycles. The maximum Gasteiger partial charge on any atom is 0.307 e. The van der Waals surface area contributed by atoms with Gasteiger partial charge in [0, 0.05) is 13.2 Å². The van der Waals surface area contributed by atoms with Crippen molar-refractivity contribution < 1.29 is 23.1 Å². The maximum atomic E-state index is 12.4. The Labute approximate surface area is 118 Å². The van der Waals surface area contributed by atoms with Gasteiger partial charge in [0.1, 0.15) is 0 Å². The summed E-state index contributed by atoms with van der Waals surface area (Å²) in [6.45, 7) is 0.946. The molecule has 1 aliphatic heterocycles. The van der Waals surface area contributed by atoms with Gasteiger partial charge in [-0.1, -0.05) is 24.3 Å². The predicted molar refractivity (Wildman–Crippen MR) is 74.2 cm³/mol. The van der Waals surface area contributed by atoms with E-state index in [0.717, 1.165) is 0 Å². The Kier molecular flexibility index (Phi) is 4.77. The summed E-state index contributed by atoms with van der Waals surface area (Å²) in [6.07, 6.45) is 0.881. The molecule has 1 fully saturated rings. The molecule has 6 heteroatoms. The highest BCUT2D eigenvalue weighted by atomic mass is 32.2. The van der Waals surface area contributed by atoms with Gasteiger partial charge in [0.2, 0.25) is 0 Å². The second kappa shape index (κ2) is 6.37. The average Bonchev–Trinajstić information content (AvgIpc) is 2.41. The van der Waals surface area contributed by atoms with Crippen LogP contribution in [-0.4, -0.2) is 38.0 Å². The summed E-state index contributed by atoms with van der Waals surface area (Å²) in [7, 11) is -3.27. The van der Waals surface area contributed by atoms with Crippen molar-refractivity contribution >= 4 is 15.8 Å². The van der Waals surface area contributed by atoms with E-state index in [4.69, 9.17) is 9.84 Å². The van der Waals surface area contributed by atoms with Gasteiger partial charge in [-0.25, -0.2) is 8.42 Å². The van der Waals surface area contributed by atoms with Gasteiger partial charge < -0.3 is 9.84 Å². The average molecular weight is 298 g/mol. The fourth-order valence-electron chi connectivity index (χ4n) is 2.40. The number of carbonyl (C=O) groups is 1. The number of hydrogen-bond acceptors (Lipinski definition) is 4. The van der Waals surface area contributed by atoms with Crippen LogP contribution in [0, 0.1) is 0 Å². The molecule has 0 aromatic heterocycles. The highest BCUT2D eigenvalue weighted by molar-refractivity contribution is 7.91. The molecule has 110 valence electrons. The normalized spacial score (nSPS) is 17.0. The molecule has 20 heavy (non-hydrogen) atoms. The number of carboxylic acids is 1. The number of rotatable bonds is 5. The van der Waals surface area contributed by atoms with Gasteiger partial charge >= 0.3 is 5.97 Å². The lowest BCUT2D eigenvalue weighted by atomic mass is 10.1. The van der Waals surface area contributed by atoms with Crippen LogP contribution in [0.15, 0.2) is 24.3 Å². The van der Waals surface area contributed by atoms with E-state index in [1.165, 1.54) is 0 Å². The highest BCUT2D eigenvalue weighted by Gasteiger charge is 2.28. The van der Waals surface area contributed by atoms with Crippen LogP contribution in [0.3, 0.4) is 0 Å². The zero-order valence-corrected chi connectivity index (χ0v) is 11.9. The molecule has 0 atom stereocenters. The van der Waals surface area contributed by atoms with Gasteiger partial charge in [0.05, 0.1) is 17.4 Å². The standard InChI is InChI=1S/C14H18O5S/c15-14(16)9-11-3-1-2-4-12(11)10-20(17,18)13-5-7-19-8-6-13/h1-4,13H,5-10H2,(H,15,16). The van der Waals surface area contributed by atoms with Crippen LogP contribution in [0.4, 0.5) is 0 Å². The summed E-state index contributed by atoms with van der Waals surface area (Å²) >= 11 is 0. The maximum absolute atomic E-state index is 12.4. The lowest BCUT2D eigenvalue weighted by molar-refractivity contribution is -0.136. The quantitative estimate of drug-likeness (QED) is 0.889. The van der Waals surface area contributed by atoms with Crippen LogP contribution in [0.2, 0.25) is 0 Å². The molecule has 0 bridgehead atoms. The Bertz CT molecular complexity index is 573. The molecular weight excluding hydrogens is 280 g/mol. The van der Waals surface area contributed by atoms with Crippen molar-refractivity contribution in [2.24, 2.45) is 0 Å². The van der Waals surface area contributed by atoms with E-state index < -0.39 is 15.8 Å². The van der Waals surface area contributed by atoms with Crippen LogP contribution in [0.25, 0.3) is 0 Å². The summed E-state index contributed by atoms with van der Waals surface area (Å²) in [5.74, 6) is -1.05. The van der Waals surface area contributed by atoms with Crippen LogP contribution in [0.1, 0.15) is 24.0 Å². The van der Waals surface area contributed by atoms with Crippen molar-refractivity contribution in [1.29, 1.82) is 0 Å². The topological polar surface area (TPSA) is 80.7 Å². The molecule has 0 aliphatic carbocycles. The molecule has 5 nitrogen and oxygen atoms in total. The zero-order chi connectivity index (χ0) is 14.6. The van der Waals surface area contributed by atoms with E-state index >= 15 is 0 Å². The first-order chi connectivity index (χ1) is 9.49.